The summed E-state index contributed by atoms with van der Waals surface area (Å²) in [5, 5.41) is 14.6. The van der Waals surface area contributed by atoms with Crippen LogP contribution in [0.25, 0.3) is 0 Å². The second kappa shape index (κ2) is 7.68. The van der Waals surface area contributed by atoms with E-state index < -0.39 is 6.03 Å². The molecule has 0 aliphatic rings. The van der Waals surface area contributed by atoms with Crippen molar-refractivity contribution in [3.05, 3.63) is 29.8 Å². The van der Waals surface area contributed by atoms with Crippen LogP contribution in [0.2, 0.25) is 0 Å². The lowest BCUT2D eigenvalue weighted by molar-refractivity contribution is 0.259. The molecule has 5 nitrogen and oxygen atoms in total. The molecular weight excluding hydrogens is 230 g/mol. The van der Waals surface area contributed by atoms with Gasteiger partial charge in [-0.2, -0.15) is 0 Å². The van der Waals surface area contributed by atoms with E-state index in [1.807, 2.05) is 24.3 Å². The fourth-order valence-electron chi connectivity index (χ4n) is 1.67. The highest BCUT2D eigenvalue weighted by Gasteiger charge is 2.04. The minimum Gasteiger partial charge on any atom is -0.396 e. The third-order valence-corrected chi connectivity index (χ3v) is 2.71. The van der Waals surface area contributed by atoms with Gasteiger partial charge in [0.1, 0.15) is 0 Å². The molecule has 1 unspecified atom stereocenters. The highest BCUT2D eigenvalue weighted by atomic mass is 16.2. The van der Waals surface area contributed by atoms with Gasteiger partial charge in [-0.1, -0.05) is 12.1 Å². The summed E-state index contributed by atoms with van der Waals surface area (Å²) in [4.78, 5) is 10.7. The quantitative estimate of drug-likeness (QED) is 0.555. The van der Waals surface area contributed by atoms with E-state index in [1.165, 1.54) is 0 Å². The number of nitrogens with one attached hydrogen (secondary N) is 2. The van der Waals surface area contributed by atoms with Crippen LogP contribution in [0, 0.1) is 0 Å². The topological polar surface area (TPSA) is 87.4 Å². The second-order valence-corrected chi connectivity index (χ2v) is 4.22. The lowest BCUT2D eigenvalue weighted by atomic mass is 10.1. The Morgan fingerprint density at radius 2 is 2.00 bits per heavy atom. The normalized spacial score (nSPS) is 12.1. The molecular formula is C13H21N3O2. The molecule has 0 aliphatic heterocycles. The molecule has 1 aromatic rings. The number of rotatable bonds is 7. The maximum absolute atomic E-state index is 10.7. The molecule has 0 saturated carbocycles. The van der Waals surface area contributed by atoms with Crippen molar-refractivity contribution < 1.29 is 9.90 Å². The van der Waals surface area contributed by atoms with Crippen LogP contribution < -0.4 is 16.4 Å². The summed E-state index contributed by atoms with van der Waals surface area (Å²) < 4.78 is 0. The molecule has 0 bridgehead atoms. The Balaban J connectivity index is 2.43. The molecule has 1 rings (SSSR count). The molecule has 0 radical (unpaired) electrons. The zero-order valence-electron chi connectivity index (χ0n) is 10.6. The first-order chi connectivity index (χ1) is 8.63. The van der Waals surface area contributed by atoms with E-state index in [0.29, 0.717) is 5.69 Å². The number of carbonyl (C=O) groups is 1. The summed E-state index contributed by atoms with van der Waals surface area (Å²) >= 11 is 0. The van der Waals surface area contributed by atoms with Gasteiger partial charge < -0.3 is 21.5 Å². The lowest BCUT2D eigenvalue weighted by Crippen LogP contribution is -2.21. The summed E-state index contributed by atoms with van der Waals surface area (Å²) in [6, 6.07) is 7.24. The first kappa shape index (κ1) is 14.5. The maximum Gasteiger partial charge on any atom is 0.316 e. The summed E-state index contributed by atoms with van der Waals surface area (Å²) in [5.41, 5.74) is 6.87. The van der Waals surface area contributed by atoms with E-state index in [4.69, 9.17) is 10.8 Å². The van der Waals surface area contributed by atoms with Crippen LogP contribution in [0.5, 0.6) is 0 Å². The molecule has 2 amide bonds. The largest absolute Gasteiger partial charge is 0.396 e. The smallest absolute Gasteiger partial charge is 0.316 e. The van der Waals surface area contributed by atoms with Crippen LogP contribution >= 0.6 is 0 Å². The molecule has 0 heterocycles. The lowest BCUT2D eigenvalue weighted by Gasteiger charge is -2.14. The average Bonchev–Trinajstić information content (AvgIpc) is 2.34. The van der Waals surface area contributed by atoms with Gasteiger partial charge in [-0.25, -0.2) is 4.79 Å². The third-order valence-electron chi connectivity index (χ3n) is 2.71. The van der Waals surface area contributed by atoms with Crippen molar-refractivity contribution in [3.8, 4) is 0 Å². The first-order valence-electron chi connectivity index (χ1n) is 6.14. The van der Waals surface area contributed by atoms with Crippen LogP contribution in [0.3, 0.4) is 0 Å². The van der Waals surface area contributed by atoms with Crippen molar-refractivity contribution in [1.29, 1.82) is 0 Å². The standard InChI is InChI=1S/C13H21N3O2/c1-10(15-8-2-3-9-17)11-4-6-12(7-5-11)16-13(14)18/h4-7,10,15,17H,2-3,8-9H2,1H3,(H3,14,16,18). The number of hydrogen-bond acceptors (Lipinski definition) is 3. The summed E-state index contributed by atoms with van der Waals surface area (Å²) in [5.74, 6) is 0. The molecule has 100 valence electrons. The van der Waals surface area contributed by atoms with Gasteiger partial charge in [0.25, 0.3) is 0 Å². The SMILES string of the molecule is CC(NCCCCO)c1ccc(NC(N)=O)cc1. The number of unbranched alkanes of at least 4 members (excludes halogenated alkanes) is 1. The van der Waals surface area contributed by atoms with E-state index >= 15 is 0 Å². The van der Waals surface area contributed by atoms with Gasteiger partial charge in [0.15, 0.2) is 0 Å². The summed E-state index contributed by atoms with van der Waals surface area (Å²) in [6.45, 7) is 3.20. The number of nitrogens with two attached hydrogens (primary N) is 1. The minimum absolute atomic E-state index is 0.240. The fraction of sp³-hybridized carbons (Fsp3) is 0.462. The number of benzene rings is 1. The van der Waals surface area contributed by atoms with Gasteiger partial charge in [0, 0.05) is 18.3 Å². The molecule has 0 aromatic heterocycles. The third kappa shape index (κ3) is 5.16. The van der Waals surface area contributed by atoms with Crippen molar-refractivity contribution in [2.24, 2.45) is 5.73 Å². The van der Waals surface area contributed by atoms with Crippen LogP contribution in [0.1, 0.15) is 31.4 Å². The average molecular weight is 251 g/mol. The summed E-state index contributed by atoms with van der Waals surface area (Å²) in [7, 11) is 0. The monoisotopic (exact) mass is 251 g/mol. The Kier molecular flexibility index (Phi) is 6.18. The summed E-state index contributed by atoms with van der Waals surface area (Å²) in [6.07, 6.45) is 1.78. The zero-order valence-corrected chi connectivity index (χ0v) is 10.6. The molecule has 1 atom stereocenters. The van der Waals surface area contributed by atoms with Gasteiger partial charge in [-0.15, -0.1) is 0 Å². The number of anilines is 1. The number of hydrogen-bond donors (Lipinski definition) is 4. The maximum atomic E-state index is 10.7. The number of amides is 2. The predicted molar refractivity (Wildman–Crippen MR) is 72.4 cm³/mol. The van der Waals surface area contributed by atoms with E-state index in [2.05, 4.69) is 17.6 Å². The van der Waals surface area contributed by atoms with Crippen molar-refractivity contribution in [2.45, 2.75) is 25.8 Å². The Morgan fingerprint density at radius 3 is 2.56 bits per heavy atom. The Morgan fingerprint density at radius 1 is 1.33 bits per heavy atom. The van der Waals surface area contributed by atoms with Gasteiger partial charge in [-0.3, -0.25) is 0 Å². The van der Waals surface area contributed by atoms with Crippen LogP contribution in [0.15, 0.2) is 24.3 Å². The molecule has 0 fully saturated rings. The van der Waals surface area contributed by atoms with Crippen molar-refractivity contribution in [3.63, 3.8) is 0 Å². The Hall–Kier alpha value is -1.59. The number of urea groups is 1. The molecule has 0 spiro atoms. The number of primary amides is 1. The van der Waals surface area contributed by atoms with E-state index in [0.717, 1.165) is 24.9 Å². The van der Waals surface area contributed by atoms with Gasteiger partial charge in [0.2, 0.25) is 0 Å². The first-order valence-corrected chi connectivity index (χ1v) is 6.14. The number of carbonyl (C=O) groups excluding carboxylic acids is 1. The minimum atomic E-state index is -0.557. The van der Waals surface area contributed by atoms with E-state index in [-0.39, 0.29) is 12.6 Å². The van der Waals surface area contributed by atoms with E-state index in [1.54, 1.807) is 0 Å². The Labute approximate surface area is 107 Å². The molecule has 5 heteroatoms. The molecule has 0 saturated heterocycles. The van der Waals surface area contributed by atoms with Crippen molar-refractivity contribution >= 4 is 11.7 Å². The van der Waals surface area contributed by atoms with Crippen LogP contribution in [-0.2, 0) is 0 Å². The number of aliphatic hydroxyl groups is 1. The molecule has 18 heavy (non-hydrogen) atoms. The highest BCUT2D eigenvalue weighted by molar-refractivity contribution is 5.87. The predicted octanol–water partition coefficient (Wildman–Crippen LogP) is 1.60. The van der Waals surface area contributed by atoms with Crippen LogP contribution in [-0.4, -0.2) is 24.3 Å². The Bertz CT molecular complexity index is 365. The zero-order chi connectivity index (χ0) is 13.4. The van der Waals surface area contributed by atoms with Crippen LogP contribution in [0.4, 0.5) is 10.5 Å². The van der Waals surface area contributed by atoms with Gasteiger partial charge in [0.05, 0.1) is 0 Å². The van der Waals surface area contributed by atoms with Crippen molar-refractivity contribution in [1.82, 2.24) is 5.32 Å². The highest BCUT2D eigenvalue weighted by Crippen LogP contribution is 2.15. The number of aliphatic hydroxyl groups excluding tert-OH is 1. The van der Waals surface area contributed by atoms with Gasteiger partial charge >= 0.3 is 6.03 Å². The second-order valence-electron chi connectivity index (χ2n) is 4.22. The van der Waals surface area contributed by atoms with Crippen molar-refractivity contribution in [2.75, 3.05) is 18.5 Å². The van der Waals surface area contributed by atoms with E-state index in [9.17, 15) is 4.79 Å². The molecule has 0 aliphatic carbocycles. The fourth-order valence-corrected chi connectivity index (χ4v) is 1.67. The van der Waals surface area contributed by atoms with Gasteiger partial charge in [-0.05, 0) is 44.0 Å². The molecule has 1 aromatic carbocycles. The molecule has 5 N–H and O–H groups in total.